The fraction of sp³-hybridized carbons (Fsp3) is 0.500. The zero-order valence-electron chi connectivity index (χ0n) is 9.11. The Hall–Kier alpha value is -1.07. The van der Waals surface area contributed by atoms with E-state index in [0.717, 1.165) is 5.76 Å². The molecule has 1 saturated heterocycles. The maximum atomic E-state index is 11.4. The molecule has 0 aromatic carbocycles. The second-order valence-electron chi connectivity index (χ2n) is 4.65. The second-order valence-corrected chi connectivity index (χ2v) is 9.11. The van der Waals surface area contributed by atoms with E-state index in [2.05, 4.69) is 25.0 Å². The number of carbonyl (C=O) groups is 1. The van der Waals surface area contributed by atoms with Gasteiger partial charge in [0.25, 0.3) is 5.91 Å². The Morgan fingerprint density at radius 3 is 2.67 bits per heavy atom. The zero-order valence-corrected chi connectivity index (χ0v) is 10.1. The van der Waals surface area contributed by atoms with E-state index in [-0.39, 0.29) is 18.1 Å². The molecular weight excluding hydrogens is 210 g/mol. The fourth-order valence-electron chi connectivity index (χ4n) is 1.56. The van der Waals surface area contributed by atoms with E-state index in [9.17, 15) is 4.79 Å². The molecule has 1 aromatic rings. The summed E-state index contributed by atoms with van der Waals surface area (Å²) in [6.07, 6.45) is 1.23. The second kappa shape index (κ2) is 3.50. The van der Waals surface area contributed by atoms with Crippen molar-refractivity contribution in [2.75, 3.05) is 0 Å². The maximum Gasteiger partial charge on any atom is 0.251 e. The highest BCUT2D eigenvalue weighted by atomic mass is 28.4. The molecule has 82 valence electrons. The summed E-state index contributed by atoms with van der Waals surface area (Å²) in [5.41, 5.74) is 0. The molecule has 15 heavy (non-hydrogen) atoms. The van der Waals surface area contributed by atoms with E-state index in [4.69, 9.17) is 8.84 Å². The van der Waals surface area contributed by atoms with Crippen LogP contribution in [0.15, 0.2) is 22.8 Å². The summed E-state index contributed by atoms with van der Waals surface area (Å²) in [4.78, 5) is 11.4. The number of hydrogen-bond acceptors (Lipinski definition) is 3. The highest BCUT2D eigenvalue weighted by Gasteiger charge is 2.44. The minimum absolute atomic E-state index is 0.0428. The Bertz CT molecular complexity index is 355. The van der Waals surface area contributed by atoms with Crippen LogP contribution in [-0.2, 0) is 9.22 Å². The lowest BCUT2D eigenvalue weighted by atomic mass is 10.0. The monoisotopic (exact) mass is 225 g/mol. The molecule has 5 heteroatoms. The van der Waals surface area contributed by atoms with Crippen molar-refractivity contribution < 1.29 is 13.6 Å². The van der Waals surface area contributed by atoms with Gasteiger partial charge in [-0.3, -0.25) is 4.79 Å². The van der Waals surface area contributed by atoms with Gasteiger partial charge >= 0.3 is 0 Å². The smallest absolute Gasteiger partial charge is 0.251 e. The summed E-state index contributed by atoms with van der Waals surface area (Å²) in [5.74, 6) is 0.719. The van der Waals surface area contributed by atoms with Crippen molar-refractivity contribution in [3.63, 3.8) is 0 Å². The summed E-state index contributed by atoms with van der Waals surface area (Å²) in [6, 6.07) is 3.55. The summed E-state index contributed by atoms with van der Waals surface area (Å²) < 4.78 is 11.0. The third kappa shape index (κ3) is 2.13. The molecule has 0 spiro atoms. The van der Waals surface area contributed by atoms with E-state index in [0.29, 0.717) is 0 Å². The lowest BCUT2D eigenvalue weighted by Gasteiger charge is -2.38. The topological polar surface area (TPSA) is 51.5 Å². The molecule has 1 aliphatic rings. The van der Waals surface area contributed by atoms with Gasteiger partial charge in [-0.25, -0.2) is 0 Å². The Labute approximate surface area is 89.7 Å². The molecule has 2 atom stereocenters. The van der Waals surface area contributed by atoms with Crippen molar-refractivity contribution in [1.29, 1.82) is 0 Å². The van der Waals surface area contributed by atoms with Crippen molar-refractivity contribution in [3.8, 4) is 0 Å². The van der Waals surface area contributed by atoms with Gasteiger partial charge in [-0.05, 0) is 31.8 Å². The quantitative estimate of drug-likeness (QED) is 0.629. The van der Waals surface area contributed by atoms with Gasteiger partial charge in [-0.2, -0.15) is 0 Å². The van der Waals surface area contributed by atoms with E-state index >= 15 is 0 Å². The Morgan fingerprint density at radius 2 is 2.20 bits per heavy atom. The molecule has 2 heterocycles. The van der Waals surface area contributed by atoms with Gasteiger partial charge in [0, 0.05) is 0 Å². The molecule has 1 aliphatic heterocycles. The number of nitrogens with one attached hydrogen (secondary N) is 1. The van der Waals surface area contributed by atoms with Gasteiger partial charge in [-0.15, -0.1) is 0 Å². The minimum Gasteiger partial charge on any atom is -0.467 e. The fourth-order valence-corrected chi connectivity index (χ4v) is 2.56. The maximum absolute atomic E-state index is 11.4. The zero-order chi connectivity index (χ0) is 11.1. The van der Waals surface area contributed by atoms with Crippen LogP contribution in [0, 0.1) is 0 Å². The van der Waals surface area contributed by atoms with Crippen LogP contribution in [0.25, 0.3) is 0 Å². The van der Waals surface area contributed by atoms with Crippen LogP contribution in [0.1, 0.15) is 11.8 Å². The van der Waals surface area contributed by atoms with Crippen molar-refractivity contribution in [2.45, 2.75) is 31.8 Å². The summed E-state index contributed by atoms with van der Waals surface area (Å²) in [7, 11) is -1.69. The van der Waals surface area contributed by atoms with E-state index in [1.54, 1.807) is 6.26 Å². The van der Waals surface area contributed by atoms with Crippen molar-refractivity contribution in [1.82, 2.24) is 5.32 Å². The minimum atomic E-state index is -1.69. The number of hydrogen-bond donors (Lipinski definition) is 1. The van der Waals surface area contributed by atoms with Crippen LogP contribution in [0.5, 0.6) is 0 Å². The summed E-state index contributed by atoms with van der Waals surface area (Å²) in [5, 5.41) is 2.78. The van der Waals surface area contributed by atoms with E-state index < -0.39 is 8.32 Å². The van der Waals surface area contributed by atoms with Gasteiger partial charge < -0.3 is 14.2 Å². The Morgan fingerprint density at radius 1 is 1.47 bits per heavy atom. The number of amides is 1. The molecule has 0 aliphatic carbocycles. The third-order valence-electron chi connectivity index (χ3n) is 2.19. The first-order chi connectivity index (χ1) is 6.97. The first-order valence-electron chi connectivity index (χ1n) is 4.99. The van der Waals surface area contributed by atoms with Crippen LogP contribution in [-0.4, -0.2) is 20.3 Å². The summed E-state index contributed by atoms with van der Waals surface area (Å²) in [6.45, 7) is 6.20. The molecule has 4 nitrogen and oxygen atoms in total. The van der Waals surface area contributed by atoms with E-state index in [1.165, 1.54) is 0 Å². The molecule has 0 saturated carbocycles. The van der Waals surface area contributed by atoms with Crippen molar-refractivity contribution in [3.05, 3.63) is 24.2 Å². The van der Waals surface area contributed by atoms with Crippen LogP contribution in [0.2, 0.25) is 19.6 Å². The predicted molar refractivity (Wildman–Crippen MR) is 57.8 cm³/mol. The average Bonchev–Trinajstić information content (AvgIpc) is 2.61. The van der Waals surface area contributed by atoms with Crippen molar-refractivity contribution >= 4 is 14.2 Å². The van der Waals surface area contributed by atoms with Gasteiger partial charge in [-0.1, -0.05) is 0 Å². The molecule has 0 radical (unpaired) electrons. The summed E-state index contributed by atoms with van der Waals surface area (Å²) >= 11 is 0. The average molecular weight is 225 g/mol. The van der Waals surface area contributed by atoms with Crippen molar-refractivity contribution in [2.24, 2.45) is 0 Å². The molecule has 2 rings (SSSR count). The number of carbonyl (C=O) groups excluding carboxylic acids is 1. The van der Waals surface area contributed by atoms with Crippen LogP contribution in [0.3, 0.4) is 0 Å². The van der Waals surface area contributed by atoms with Crippen LogP contribution in [0.4, 0.5) is 0 Å². The largest absolute Gasteiger partial charge is 0.467 e. The molecule has 1 fully saturated rings. The molecule has 2 unspecified atom stereocenters. The number of furan rings is 1. The molecule has 1 N–H and O–H groups in total. The normalized spacial score (nSPS) is 25.9. The van der Waals surface area contributed by atoms with E-state index in [1.807, 2.05) is 12.1 Å². The molecule has 1 aromatic heterocycles. The molecular formula is C10H15NO3Si. The van der Waals surface area contributed by atoms with Gasteiger partial charge in [0.15, 0.2) is 14.4 Å². The van der Waals surface area contributed by atoms with Gasteiger partial charge in [0.05, 0.1) is 6.26 Å². The number of β-lactam (4-membered cyclic amide) rings is 1. The first-order valence-corrected chi connectivity index (χ1v) is 8.40. The van der Waals surface area contributed by atoms with Crippen LogP contribution < -0.4 is 5.32 Å². The predicted octanol–water partition coefficient (Wildman–Crippen LogP) is 1.67. The SMILES string of the molecule is C[Si](C)(C)OC1C(=O)NC1c1ccco1. The third-order valence-corrected chi connectivity index (χ3v) is 3.15. The lowest BCUT2D eigenvalue weighted by Crippen LogP contribution is -2.59. The highest BCUT2D eigenvalue weighted by Crippen LogP contribution is 2.29. The van der Waals surface area contributed by atoms with Crippen LogP contribution >= 0.6 is 0 Å². The lowest BCUT2D eigenvalue weighted by molar-refractivity contribution is -0.141. The standard InChI is InChI=1S/C10H15NO3Si/c1-15(2,3)14-9-8(11-10(9)12)7-5-4-6-13-7/h4-6,8-9H,1-3H3,(H,11,12). The Kier molecular flexibility index (Phi) is 2.44. The molecule has 0 bridgehead atoms. The molecule has 1 amide bonds. The van der Waals surface area contributed by atoms with Gasteiger partial charge in [0.2, 0.25) is 0 Å². The Balaban J connectivity index is 2.07. The highest BCUT2D eigenvalue weighted by molar-refractivity contribution is 6.70. The first kappa shape index (κ1) is 10.4. The van der Waals surface area contributed by atoms with Gasteiger partial charge in [0.1, 0.15) is 11.8 Å². The number of rotatable bonds is 3.